The molecule has 77 valence electrons. The fourth-order valence-corrected chi connectivity index (χ4v) is 1.73. The molecule has 0 bridgehead atoms. The third-order valence-corrected chi connectivity index (χ3v) is 2.62. The molecule has 0 spiro atoms. The maximum atomic E-state index is 4.25. The summed E-state index contributed by atoms with van der Waals surface area (Å²) in [6.07, 6.45) is 6.39. The Balaban J connectivity index is 0.00000112. The van der Waals surface area contributed by atoms with Crippen LogP contribution in [0, 0.1) is 13.3 Å². The second-order valence-electron chi connectivity index (χ2n) is 3.72. The minimum absolute atomic E-state index is 0. The molecule has 0 saturated heterocycles. The molecule has 0 fully saturated rings. The van der Waals surface area contributed by atoms with Crippen LogP contribution in [-0.2, 0) is 39.1 Å². The van der Waals surface area contributed by atoms with Crippen molar-refractivity contribution in [3.8, 4) is 0 Å². The summed E-state index contributed by atoms with van der Waals surface area (Å²) in [6, 6.07) is 4.33. The van der Waals surface area contributed by atoms with E-state index in [4.69, 9.17) is 0 Å². The number of benzene rings is 1. The zero-order valence-electron chi connectivity index (χ0n) is 9.30. The number of hydrogen-bond acceptors (Lipinski definition) is 1. The van der Waals surface area contributed by atoms with Crippen LogP contribution in [0.15, 0.2) is 12.1 Å². The summed E-state index contributed by atoms with van der Waals surface area (Å²) in [7, 11) is 0. The summed E-state index contributed by atoms with van der Waals surface area (Å²) < 4.78 is 0. The standard InChI is InChI=1S/C12H15N2.Y/c1-3-4-5-10-7-6-9(2)11-12(10)14-8-13-11;/h6-7H,3-5H2,1-2H3,(H,13,14);/q-1;. The van der Waals surface area contributed by atoms with Crippen molar-refractivity contribution in [2.45, 2.75) is 33.1 Å². The molecule has 2 aromatic rings. The van der Waals surface area contributed by atoms with Crippen LogP contribution in [-0.4, -0.2) is 9.97 Å². The Labute approximate surface area is 116 Å². The van der Waals surface area contributed by atoms with Gasteiger partial charge in [0.2, 0.25) is 0 Å². The number of unbranched alkanes of at least 4 members (excludes halogenated alkanes) is 1. The van der Waals surface area contributed by atoms with E-state index in [0.29, 0.717) is 0 Å². The van der Waals surface area contributed by atoms with Crippen molar-refractivity contribution < 1.29 is 32.7 Å². The van der Waals surface area contributed by atoms with Crippen LogP contribution in [0.5, 0.6) is 0 Å². The summed E-state index contributed by atoms with van der Waals surface area (Å²) in [6.45, 7) is 4.31. The molecule has 0 amide bonds. The Morgan fingerprint density at radius 2 is 2.20 bits per heavy atom. The molecule has 0 saturated carbocycles. The molecule has 15 heavy (non-hydrogen) atoms. The first-order valence-corrected chi connectivity index (χ1v) is 5.17. The number of rotatable bonds is 3. The molecule has 3 heteroatoms. The van der Waals surface area contributed by atoms with Gasteiger partial charge in [0.1, 0.15) is 0 Å². The van der Waals surface area contributed by atoms with Crippen molar-refractivity contribution in [2.24, 2.45) is 0 Å². The van der Waals surface area contributed by atoms with Crippen molar-refractivity contribution in [3.63, 3.8) is 0 Å². The Bertz CT molecular complexity index is 434. The van der Waals surface area contributed by atoms with Gasteiger partial charge in [-0.05, 0) is 12.7 Å². The summed E-state index contributed by atoms with van der Waals surface area (Å²) in [5.41, 5.74) is 4.82. The van der Waals surface area contributed by atoms with Gasteiger partial charge in [0.25, 0.3) is 0 Å². The molecule has 1 radical (unpaired) electrons. The Kier molecular flexibility index (Phi) is 4.94. The van der Waals surface area contributed by atoms with E-state index < -0.39 is 0 Å². The van der Waals surface area contributed by atoms with E-state index in [1.807, 2.05) is 0 Å². The molecule has 0 unspecified atom stereocenters. The molecule has 1 aromatic heterocycles. The topological polar surface area (TPSA) is 28.7 Å². The number of aryl methyl sites for hydroxylation is 2. The SMILES string of the molecule is CCCCc1ccc(C)c2[nH][c-]nc12.[Y]. The smallest absolute Gasteiger partial charge is 0 e. The number of nitrogens with zero attached hydrogens (tertiary/aromatic N) is 1. The van der Waals surface area contributed by atoms with Gasteiger partial charge in [-0.3, -0.25) is 0 Å². The van der Waals surface area contributed by atoms with Crippen molar-refractivity contribution in [1.82, 2.24) is 9.97 Å². The Morgan fingerprint density at radius 1 is 1.40 bits per heavy atom. The third-order valence-electron chi connectivity index (χ3n) is 2.62. The monoisotopic (exact) mass is 276 g/mol. The van der Waals surface area contributed by atoms with Gasteiger partial charge in [-0.1, -0.05) is 61.0 Å². The molecule has 1 heterocycles. The number of nitrogens with one attached hydrogen (secondary N) is 1. The van der Waals surface area contributed by atoms with E-state index in [1.54, 1.807) is 0 Å². The number of aromatic nitrogens is 2. The molecular weight excluding hydrogens is 261 g/mol. The molecule has 1 aromatic carbocycles. The van der Waals surface area contributed by atoms with Crippen molar-refractivity contribution in [2.75, 3.05) is 0 Å². The predicted octanol–water partition coefficient (Wildman–Crippen LogP) is 3.01. The Morgan fingerprint density at radius 3 is 2.93 bits per heavy atom. The number of aromatic amines is 1. The molecule has 0 atom stereocenters. The molecule has 2 nitrogen and oxygen atoms in total. The average Bonchev–Trinajstić information content (AvgIpc) is 2.66. The van der Waals surface area contributed by atoms with Crippen LogP contribution in [0.4, 0.5) is 0 Å². The van der Waals surface area contributed by atoms with E-state index in [-0.39, 0.29) is 32.7 Å². The van der Waals surface area contributed by atoms with Gasteiger partial charge >= 0.3 is 0 Å². The van der Waals surface area contributed by atoms with E-state index in [9.17, 15) is 0 Å². The summed E-state index contributed by atoms with van der Waals surface area (Å²) in [5.74, 6) is 0. The molecular formula is C12H15N2Y-. The zero-order chi connectivity index (χ0) is 9.97. The quantitative estimate of drug-likeness (QED) is 0.858. The average molecular weight is 276 g/mol. The van der Waals surface area contributed by atoms with Crippen molar-refractivity contribution in [3.05, 3.63) is 29.6 Å². The predicted molar refractivity (Wildman–Crippen MR) is 58.3 cm³/mol. The van der Waals surface area contributed by atoms with Crippen LogP contribution < -0.4 is 0 Å². The van der Waals surface area contributed by atoms with Gasteiger partial charge in [0, 0.05) is 32.7 Å². The van der Waals surface area contributed by atoms with Crippen LogP contribution in [0.25, 0.3) is 11.0 Å². The minimum Gasteiger partial charge on any atom is -0.460 e. The van der Waals surface area contributed by atoms with Gasteiger partial charge in [0.15, 0.2) is 0 Å². The second kappa shape index (κ2) is 5.76. The normalized spacial score (nSPS) is 10.3. The first-order valence-electron chi connectivity index (χ1n) is 5.17. The summed E-state index contributed by atoms with van der Waals surface area (Å²) in [5, 5.41) is 0. The fourth-order valence-electron chi connectivity index (χ4n) is 1.73. The van der Waals surface area contributed by atoms with Crippen LogP contribution >= 0.6 is 0 Å². The number of hydrogen-bond donors (Lipinski definition) is 1. The first kappa shape index (κ1) is 12.9. The Hall–Kier alpha value is -0.206. The van der Waals surface area contributed by atoms with E-state index in [0.717, 1.165) is 17.5 Å². The van der Waals surface area contributed by atoms with Crippen molar-refractivity contribution >= 4 is 11.0 Å². The molecule has 0 aliphatic carbocycles. The second-order valence-corrected chi connectivity index (χ2v) is 3.72. The van der Waals surface area contributed by atoms with Crippen LogP contribution in [0.2, 0.25) is 0 Å². The van der Waals surface area contributed by atoms with Gasteiger partial charge in [-0.25, -0.2) is 0 Å². The molecule has 1 N–H and O–H groups in total. The van der Waals surface area contributed by atoms with E-state index >= 15 is 0 Å². The largest absolute Gasteiger partial charge is 0.460 e. The number of H-pyrrole nitrogens is 1. The number of imidazole rings is 1. The van der Waals surface area contributed by atoms with Gasteiger partial charge in [-0.15, -0.1) is 0 Å². The van der Waals surface area contributed by atoms with E-state index in [2.05, 4.69) is 42.3 Å². The minimum atomic E-state index is 0. The molecule has 0 aliphatic heterocycles. The van der Waals surface area contributed by atoms with Crippen LogP contribution in [0.3, 0.4) is 0 Å². The zero-order valence-corrected chi connectivity index (χ0v) is 12.1. The van der Waals surface area contributed by atoms with Gasteiger partial charge in [0.05, 0.1) is 0 Å². The summed E-state index contributed by atoms with van der Waals surface area (Å²) >= 11 is 0. The maximum Gasteiger partial charge on any atom is 0 e. The fraction of sp³-hybridized carbons (Fsp3) is 0.417. The van der Waals surface area contributed by atoms with Crippen LogP contribution in [0.1, 0.15) is 30.9 Å². The third kappa shape index (κ3) is 2.67. The first-order chi connectivity index (χ1) is 6.83. The van der Waals surface area contributed by atoms with Crippen molar-refractivity contribution in [1.29, 1.82) is 0 Å². The molecule has 2 rings (SSSR count). The molecule has 0 aliphatic rings. The van der Waals surface area contributed by atoms with Gasteiger partial charge in [-0.2, -0.15) is 0 Å². The summed E-state index contributed by atoms with van der Waals surface area (Å²) in [4.78, 5) is 7.32. The maximum absolute atomic E-state index is 4.25. The number of fused-ring (bicyclic) bond motifs is 1. The van der Waals surface area contributed by atoms with Gasteiger partial charge < -0.3 is 9.97 Å². The van der Waals surface area contributed by atoms with E-state index in [1.165, 1.54) is 24.0 Å².